The number of nitrogens with zero attached hydrogens (tertiary/aromatic N) is 2. The molecule has 0 saturated carbocycles. The number of piperidine rings is 1. The Kier molecular flexibility index (Phi) is 5.32. The second-order valence-electron chi connectivity index (χ2n) is 7.21. The Hall–Kier alpha value is -2.17. The summed E-state index contributed by atoms with van der Waals surface area (Å²) in [5, 5.41) is 10.6. The Bertz CT molecular complexity index is 789. The summed E-state index contributed by atoms with van der Waals surface area (Å²) in [4.78, 5) is 7.04. The van der Waals surface area contributed by atoms with Crippen LogP contribution in [0.4, 0.5) is 0 Å². The zero-order chi connectivity index (χ0) is 17.8. The number of aliphatic hydroxyl groups is 1. The third kappa shape index (κ3) is 3.97. The largest absolute Gasteiger partial charge is 0.441 e. The van der Waals surface area contributed by atoms with Crippen LogP contribution in [0.15, 0.2) is 59.0 Å². The monoisotopic (exact) mass is 350 g/mol. The van der Waals surface area contributed by atoms with Crippen LogP contribution in [0, 0.1) is 5.92 Å². The van der Waals surface area contributed by atoms with Crippen molar-refractivity contribution in [3.63, 3.8) is 0 Å². The van der Waals surface area contributed by atoms with E-state index < -0.39 is 0 Å². The van der Waals surface area contributed by atoms with Gasteiger partial charge in [-0.25, -0.2) is 4.98 Å². The molecule has 4 nitrogen and oxygen atoms in total. The lowest BCUT2D eigenvalue weighted by Crippen LogP contribution is -2.36. The first-order valence-electron chi connectivity index (χ1n) is 9.59. The van der Waals surface area contributed by atoms with Crippen LogP contribution in [-0.2, 0) is 6.42 Å². The second-order valence-corrected chi connectivity index (χ2v) is 7.21. The Morgan fingerprint density at radius 2 is 1.77 bits per heavy atom. The molecule has 4 rings (SSSR count). The van der Waals surface area contributed by atoms with Crippen LogP contribution in [0.1, 0.15) is 36.8 Å². The Morgan fingerprint density at radius 3 is 2.54 bits per heavy atom. The summed E-state index contributed by atoms with van der Waals surface area (Å²) in [5.74, 6) is 1.20. The second kappa shape index (κ2) is 8.02. The molecular weight excluding hydrogens is 324 g/mol. The summed E-state index contributed by atoms with van der Waals surface area (Å²) in [6.45, 7) is 3.18. The van der Waals surface area contributed by atoms with E-state index in [1.54, 1.807) is 0 Å². The van der Waals surface area contributed by atoms with Crippen LogP contribution in [0.2, 0.25) is 0 Å². The third-order valence-electron chi connectivity index (χ3n) is 5.42. The topological polar surface area (TPSA) is 49.5 Å². The number of benzene rings is 2. The van der Waals surface area contributed by atoms with Gasteiger partial charge in [0.1, 0.15) is 5.52 Å². The van der Waals surface area contributed by atoms with Crippen molar-refractivity contribution in [3.8, 4) is 0 Å². The van der Waals surface area contributed by atoms with E-state index in [1.165, 1.54) is 0 Å². The first-order valence-corrected chi connectivity index (χ1v) is 9.59. The van der Waals surface area contributed by atoms with Crippen LogP contribution in [-0.4, -0.2) is 34.6 Å². The van der Waals surface area contributed by atoms with E-state index >= 15 is 0 Å². The normalized spacial score (nSPS) is 17.6. The van der Waals surface area contributed by atoms with Gasteiger partial charge in [0.25, 0.3) is 0 Å². The lowest BCUT2D eigenvalue weighted by Gasteiger charge is -2.34. The molecule has 0 spiro atoms. The highest BCUT2D eigenvalue weighted by Gasteiger charge is 2.25. The van der Waals surface area contributed by atoms with Crippen LogP contribution in [0.3, 0.4) is 0 Å². The molecule has 136 valence electrons. The highest BCUT2D eigenvalue weighted by atomic mass is 16.3. The minimum absolute atomic E-state index is 0.335. The van der Waals surface area contributed by atoms with Crippen LogP contribution in [0.25, 0.3) is 11.1 Å². The maximum absolute atomic E-state index is 10.6. The van der Waals surface area contributed by atoms with Gasteiger partial charge in [-0.05, 0) is 62.5 Å². The molecule has 0 aliphatic carbocycles. The van der Waals surface area contributed by atoms with Crippen molar-refractivity contribution in [1.29, 1.82) is 0 Å². The molecule has 0 radical (unpaired) electrons. The average Bonchev–Trinajstić information content (AvgIpc) is 3.11. The lowest BCUT2D eigenvalue weighted by atomic mass is 9.87. The van der Waals surface area contributed by atoms with Crippen LogP contribution >= 0.6 is 0 Å². The lowest BCUT2D eigenvalue weighted by molar-refractivity contribution is 0.0585. The van der Waals surface area contributed by atoms with Crippen LogP contribution < -0.4 is 0 Å². The van der Waals surface area contributed by atoms with Gasteiger partial charge in [-0.3, -0.25) is 0 Å². The molecule has 0 bridgehead atoms. The number of hydrogen-bond acceptors (Lipinski definition) is 4. The Morgan fingerprint density at radius 1 is 1.04 bits per heavy atom. The van der Waals surface area contributed by atoms with Gasteiger partial charge in [-0.2, -0.15) is 0 Å². The molecule has 0 unspecified atom stereocenters. The summed E-state index contributed by atoms with van der Waals surface area (Å²) in [6, 6.07) is 18.0. The predicted molar refractivity (Wildman–Crippen MR) is 103 cm³/mol. The number of fused-ring (bicyclic) bond motifs is 1. The van der Waals surface area contributed by atoms with Crippen LogP contribution in [0.5, 0.6) is 0 Å². The molecule has 0 amide bonds. The minimum Gasteiger partial charge on any atom is -0.441 e. The Balaban J connectivity index is 1.22. The first-order chi connectivity index (χ1) is 12.8. The summed E-state index contributed by atoms with van der Waals surface area (Å²) in [6.07, 6.45) is 3.70. The highest BCUT2D eigenvalue weighted by molar-refractivity contribution is 5.72. The van der Waals surface area contributed by atoms with E-state index in [4.69, 9.17) is 4.42 Å². The Labute approximate surface area is 154 Å². The molecule has 2 heterocycles. The average molecular weight is 350 g/mol. The van der Waals surface area contributed by atoms with Gasteiger partial charge in [0.05, 0.1) is 6.10 Å². The minimum atomic E-state index is -0.335. The highest BCUT2D eigenvalue weighted by Crippen LogP contribution is 2.30. The van der Waals surface area contributed by atoms with Crippen molar-refractivity contribution >= 4 is 11.1 Å². The molecule has 3 aromatic rings. The molecule has 1 aliphatic heterocycles. The molecular formula is C22H26N2O2. The number of aromatic nitrogens is 1. The van der Waals surface area contributed by atoms with E-state index in [2.05, 4.69) is 9.88 Å². The number of aliphatic hydroxyl groups excluding tert-OH is 1. The van der Waals surface area contributed by atoms with Gasteiger partial charge >= 0.3 is 0 Å². The molecule has 1 N–H and O–H groups in total. The zero-order valence-corrected chi connectivity index (χ0v) is 15.1. The van der Waals surface area contributed by atoms with Gasteiger partial charge in [0.2, 0.25) is 0 Å². The fraction of sp³-hybridized carbons (Fsp3) is 0.409. The molecule has 1 aromatic heterocycles. The van der Waals surface area contributed by atoms with Crippen molar-refractivity contribution in [3.05, 3.63) is 66.1 Å². The molecule has 1 aliphatic rings. The zero-order valence-electron chi connectivity index (χ0n) is 15.1. The van der Waals surface area contributed by atoms with Gasteiger partial charge in [-0.15, -0.1) is 0 Å². The number of oxazole rings is 1. The summed E-state index contributed by atoms with van der Waals surface area (Å²) >= 11 is 0. The molecule has 2 aromatic carbocycles. The molecule has 1 atom stereocenters. The van der Waals surface area contributed by atoms with E-state index in [1.807, 2.05) is 54.6 Å². The van der Waals surface area contributed by atoms with Crippen molar-refractivity contribution in [2.24, 2.45) is 5.92 Å². The number of aryl methyl sites for hydroxylation is 1. The first kappa shape index (κ1) is 17.3. The summed E-state index contributed by atoms with van der Waals surface area (Å²) < 4.78 is 5.79. The molecule has 4 heteroatoms. The van der Waals surface area contributed by atoms with Crippen molar-refractivity contribution in [2.45, 2.75) is 31.8 Å². The number of likely N-dealkylation sites (tertiary alicyclic amines) is 1. The molecule has 1 saturated heterocycles. The van der Waals surface area contributed by atoms with E-state index in [-0.39, 0.29) is 6.10 Å². The fourth-order valence-corrected chi connectivity index (χ4v) is 3.90. The standard InChI is InChI=1S/C22H26N2O2/c25-22(17-7-2-1-3-8-17)18-12-15-24(16-13-18)14-6-11-21-23-19-9-4-5-10-20(19)26-21/h1-5,7-10,18,22,25H,6,11-16H2/t22-/m0/s1. The molecule has 26 heavy (non-hydrogen) atoms. The predicted octanol–water partition coefficient (Wildman–Crippen LogP) is 4.21. The van der Waals surface area contributed by atoms with Crippen molar-refractivity contribution < 1.29 is 9.52 Å². The maximum Gasteiger partial charge on any atom is 0.195 e. The number of rotatable bonds is 6. The SMILES string of the molecule is O[C@@H](c1ccccc1)C1CCN(CCCc2nc3ccccc3o2)CC1. The third-order valence-corrected chi connectivity index (χ3v) is 5.42. The maximum atomic E-state index is 10.6. The van der Waals surface area contributed by atoms with Crippen molar-refractivity contribution in [2.75, 3.05) is 19.6 Å². The van der Waals surface area contributed by atoms with E-state index in [9.17, 15) is 5.11 Å². The quantitative estimate of drug-likeness (QED) is 0.724. The van der Waals surface area contributed by atoms with Gasteiger partial charge in [0, 0.05) is 6.42 Å². The molecule has 1 fully saturated rings. The van der Waals surface area contributed by atoms with Crippen molar-refractivity contribution in [1.82, 2.24) is 9.88 Å². The number of hydrogen-bond donors (Lipinski definition) is 1. The van der Waals surface area contributed by atoms with Gasteiger partial charge < -0.3 is 14.4 Å². The number of para-hydroxylation sites is 2. The summed E-state index contributed by atoms with van der Waals surface area (Å²) in [5.41, 5.74) is 2.86. The van der Waals surface area contributed by atoms with E-state index in [0.717, 1.165) is 67.9 Å². The van der Waals surface area contributed by atoms with Gasteiger partial charge in [-0.1, -0.05) is 42.5 Å². The van der Waals surface area contributed by atoms with E-state index in [0.29, 0.717) is 5.92 Å². The fourth-order valence-electron chi connectivity index (χ4n) is 3.90. The smallest absolute Gasteiger partial charge is 0.195 e. The van der Waals surface area contributed by atoms with Gasteiger partial charge in [0.15, 0.2) is 11.5 Å². The summed E-state index contributed by atoms with van der Waals surface area (Å²) in [7, 11) is 0.